The summed E-state index contributed by atoms with van der Waals surface area (Å²) in [6.07, 6.45) is 3.97. The average molecular weight is 215 g/mol. The Morgan fingerprint density at radius 2 is 1.81 bits per heavy atom. The zero-order chi connectivity index (χ0) is 12.1. The van der Waals surface area contributed by atoms with Crippen LogP contribution in [0, 0.1) is 0 Å². The Balaban J connectivity index is 3.41. The summed E-state index contributed by atoms with van der Waals surface area (Å²) in [5, 5.41) is 0. The standard InChI is InChI=1S/C15H21N/c1-6-12-9-14(11(4)5)15(16-8-3)10-13(12)7-2/h8-10H,4,6-7H2,1-3,5H3. The van der Waals surface area contributed by atoms with Gasteiger partial charge in [-0.25, -0.2) is 0 Å². The molecule has 0 saturated carbocycles. The highest BCUT2D eigenvalue weighted by molar-refractivity contribution is 5.76. The van der Waals surface area contributed by atoms with Crippen LogP contribution in [0.15, 0.2) is 23.7 Å². The summed E-state index contributed by atoms with van der Waals surface area (Å²) in [7, 11) is 0. The highest BCUT2D eigenvalue weighted by Gasteiger charge is 2.07. The van der Waals surface area contributed by atoms with Crippen LogP contribution in [0.5, 0.6) is 0 Å². The van der Waals surface area contributed by atoms with Crippen molar-refractivity contribution in [3.8, 4) is 0 Å². The molecule has 1 nitrogen and oxygen atoms in total. The van der Waals surface area contributed by atoms with E-state index in [1.165, 1.54) is 16.7 Å². The lowest BCUT2D eigenvalue weighted by Crippen LogP contribution is -1.94. The van der Waals surface area contributed by atoms with E-state index in [2.05, 4.69) is 37.6 Å². The van der Waals surface area contributed by atoms with Crippen LogP contribution in [0.3, 0.4) is 0 Å². The number of rotatable bonds is 4. The molecule has 0 aliphatic heterocycles. The maximum absolute atomic E-state index is 4.43. The van der Waals surface area contributed by atoms with Gasteiger partial charge < -0.3 is 0 Å². The molecule has 0 saturated heterocycles. The molecule has 0 N–H and O–H groups in total. The van der Waals surface area contributed by atoms with Gasteiger partial charge in [0.1, 0.15) is 0 Å². The van der Waals surface area contributed by atoms with Gasteiger partial charge in [-0.15, -0.1) is 0 Å². The molecule has 0 aliphatic rings. The Bertz CT molecular complexity index is 414. The zero-order valence-electron chi connectivity index (χ0n) is 10.8. The minimum atomic E-state index is 1.05. The molecule has 0 aromatic heterocycles. The number of hydrogen-bond donors (Lipinski definition) is 0. The summed E-state index contributed by atoms with van der Waals surface area (Å²) in [6, 6.07) is 4.44. The zero-order valence-corrected chi connectivity index (χ0v) is 10.8. The lowest BCUT2D eigenvalue weighted by Gasteiger charge is -2.12. The predicted octanol–water partition coefficient (Wildman–Crippen LogP) is 4.57. The molecule has 1 aromatic rings. The fraction of sp³-hybridized carbons (Fsp3) is 0.400. The summed E-state index contributed by atoms with van der Waals surface area (Å²) < 4.78 is 0. The van der Waals surface area contributed by atoms with E-state index < -0.39 is 0 Å². The molecule has 0 radical (unpaired) electrons. The third kappa shape index (κ3) is 2.60. The first-order chi connectivity index (χ1) is 7.63. The third-order valence-electron chi connectivity index (χ3n) is 2.81. The molecular weight excluding hydrogens is 194 g/mol. The van der Waals surface area contributed by atoms with Gasteiger partial charge in [0, 0.05) is 11.8 Å². The van der Waals surface area contributed by atoms with Crippen molar-refractivity contribution in [3.63, 3.8) is 0 Å². The molecule has 1 aromatic carbocycles. The van der Waals surface area contributed by atoms with E-state index in [4.69, 9.17) is 0 Å². The van der Waals surface area contributed by atoms with Crippen LogP contribution in [0.2, 0.25) is 0 Å². The van der Waals surface area contributed by atoms with Crippen molar-refractivity contribution in [3.05, 3.63) is 35.4 Å². The fourth-order valence-corrected chi connectivity index (χ4v) is 1.92. The molecule has 0 unspecified atom stereocenters. The number of hydrogen-bond acceptors (Lipinski definition) is 1. The van der Waals surface area contributed by atoms with Crippen molar-refractivity contribution >= 4 is 17.5 Å². The molecule has 86 valence electrons. The molecule has 0 atom stereocenters. The van der Waals surface area contributed by atoms with Gasteiger partial charge in [-0.1, -0.05) is 20.4 Å². The van der Waals surface area contributed by atoms with Crippen LogP contribution in [0.25, 0.3) is 5.57 Å². The van der Waals surface area contributed by atoms with Gasteiger partial charge >= 0.3 is 0 Å². The van der Waals surface area contributed by atoms with Gasteiger partial charge in [0.25, 0.3) is 0 Å². The molecular formula is C15H21N. The lowest BCUT2D eigenvalue weighted by molar-refractivity contribution is 1.03. The van der Waals surface area contributed by atoms with Crippen LogP contribution in [0.1, 0.15) is 44.4 Å². The minimum Gasteiger partial charge on any atom is -0.261 e. The smallest absolute Gasteiger partial charge is 0.0703 e. The molecule has 0 heterocycles. The Morgan fingerprint density at radius 3 is 2.25 bits per heavy atom. The van der Waals surface area contributed by atoms with E-state index in [9.17, 15) is 0 Å². The molecule has 0 bridgehead atoms. The van der Waals surface area contributed by atoms with Crippen LogP contribution < -0.4 is 0 Å². The van der Waals surface area contributed by atoms with E-state index in [1.54, 1.807) is 0 Å². The van der Waals surface area contributed by atoms with Gasteiger partial charge in [-0.2, -0.15) is 0 Å². The van der Waals surface area contributed by atoms with E-state index in [0.29, 0.717) is 0 Å². The van der Waals surface area contributed by atoms with Gasteiger partial charge in [0.15, 0.2) is 0 Å². The maximum atomic E-state index is 4.43. The second-order valence-electron chi connectivity index (χ2n) is 4.01. The lowest BCUT2D eigenvalue weighted by atomic mass is 9.96. The first-order valence-corrected chi connectivity index (χ1v) is 5.94. The average Bonchev–Trinajstić information content (AvgIpc) is 2.28. The molecule has 0 spiro atoms. The summed E-state index contributed by atoms with van der Waals surface area (Å²) in [6.45, 7) is 12.4. The van der Waals surface area contributed by atoms with Crippen molar-refractivity contribution in [1.82, 2.24) is 0 Å². The Morgan fingerprint density at radius 1 is 1.25 bits per heavy atom. The van der Waals surface area contributed by atoms with Gasteiger partial charge in [0.2, 0.25) is 0 Å². The van der Waals surface area contributed by atoms with Crippen molar-refractivity contribution < 1.29 is 0 Å². The molecule has 1 rings (SSSR count). The summed E-state index contributed by atoms with van der Waals surface area (Å²) in [4.78, 5) is 4.43. The summed E-state index contributed by atoms with van der Waals surface area (Å²) in [5.74, 6) is 0. The molecule has 0 fully saturated rings. The Kier molecular flexibility index (Phi) is 4.48. The van der Waals surface area contributed by atoms with Crippen LogP contribution >= 0.6 is 0 Å². The highest BCUT2D eigenvalue weighted by atomic mass is 14.7. The first kappa shape index (κ1) is 12.7. The number of aryl methyl sites for hydroxylation is 2. The van der Waals surface area contributed by atoms with Gasteiger partial charge in [-0.05, 0) is 55.5 Å². The normalized spacial score (nSPS) is 11.0. The minimum absolute atomic E-state index is 1.05. The predicted molar refractivity (Wildman–Crippen MR) is 73.7 cm³/mol. The summed E-state index contributed by atoms with van der Waals surface area (Å²) in [5.41, 5.74) is 6.11. The Labute approximate surface area is 98.9 Å². The van der Waals surface area contributed by atoms with E-state index in [1.807, 2.05) is 20.1 Å². The summed E-state index contributed by atoms with van der Waals surface area (Å²) >= 11 is 0. The van der Waals surface area contributed by atoms with Crippen molar-refractivity contribution in [2.45, 2.75) is 40.5 Å². The second-order valence-corrected chi connectivity index (χ2v) is 4.01. The fourth-order valence-electron chi connectivity index (χ4n) is 1.92. The van der Waals surface area contributed by atoms with Crippen molar-refractivity contribution in [1.29, 1.82) is 0 Å². The van der Waals surface area contributed by atoms with E-state index >= 15 is 0 Å². The molecule has 1 heteroatoms. The number of aliphatic imine (C=N–C) groups is 1. The highest BCUT2D eigenvalue weighted by Crippen LogP contribution is 2.29. The Hall–Kier alpha value is -1.37. The van der Waals surface area contributed by atoms with Gasteiger partial charge in [0.05, 0.1) is 5.69 Å². The van der Waals surface area contributed by atoms with Crippen molar-refractivity contribution in [2.75, 3.05) is 0 Å². The quantitative estimate of drug-likeness (QED) is 0.652. The number of benzene rings is 1. The van der Waals surface area contributed by atoms with E-state index in [0.717, 1.165) is 24.1 Å². The number of allylic oxidation sites excluding steroid dienone is 1. The second kappa shape index (κ2) is 5.64. The SMILES string of the molecule is C=C(C)c1cc(CC)c(CC)cc1N=CC. The largest absolute Gasteiger partial charge is 0.261 e. The third-order valence-corrected chi connectivity index (χ3v) is 2.81. The molecule has 16 heavy (non-hydrogen) atoms. The maximum Gasteiger partial charge on any atom is 0.0703 e. The topological polar surface area (TPSA) is 12.4 Å². The van der Waals surface area contributed by atoms with Gasteiger partial charge in [-0.3, -0.25) is 4.99 Å². The number of nitrogens with zero attached hydrogens (tertiary/aromatic N) is 1. The van der Waals surface area contributed by atoms with Crippen LogP contribution in [0.4, 0.5) is 5.69 Å². The van der Waals surface area contributed by atoms with Crippen LogP contribution in [-0.2, 0) is 12.8 Å². The monoisotopic (exact) mass is 215 g/mol. The van der Waals surface area contributed by atoms with Crippen molar-refractivity contribution in [2.24, 2.45) is 4.99 Å². The first-order valence-electron chi connectivity index (χ1n) is 5.94. The molecule has 0 aliphatic carbocycles. The van der Waals surface area contributed by atoms with E-state index in [-0.39, 0.29) is 0 Å². The molecule has 0 amide bonds. The van der Waals surface area contributed by atoms with Crippen LogP contribution in [-0.4, -0.2) is 6.21 Å².